The minimum atomic E-state index is -0.434. The van der Waals surface area contributed by atoms with Crippen molar-refractivity contribution in [2.45, 2.75) is 38.3 Å². The number of benzene rings is 1. The number of nitrogen functional groups attached to an aromatic ring is 1. The Morgan fingerprint density at radius 3 is 2.66 bits per heavy atom. The van der Waals surface area contributed by atoms with Gasteiger partial charge in [0.05, 0.1) is 6.20 Å². The van der Waals surface area contributed by atoms with Gasteiger partial charge in [-0.1, -0.05) is 24.3 Å². The molecule has 0 radical (unpaired) electrons. The van der Waals surface area contributed by atoms with E-state index in [0.29, 0.717) is 18.3 Å². The maximum Gasteiger partial charge on any atom is 0.269 e. The highest BCUT2D eigenvalue weighted by Gasteiger charge is 2.46. The smallest absolute Gasteiger partial charge is 0.269 e. The Kier molecular flexibility index (Phi) is 4.96. The van der Waals surface area contributed by atoms with Crippen molar-refractivity contribution >= 4 is 23.5 Å². The highest BCUT2D eigenvalue weighted by Crippen LogP contribution is 2.50. The molecule has 2 aliphatic heterocycles. The second-order valence-corrected chi connectivity index (χ2v) is 9.96. The lowest BCUT2D eigenvalue weighted by Crippen LogP contribution is -2.47. The second kappa shape index (κ2) is 7.94. The summed E-state index contributed by atoms with van der Waals surface area (Å²) in [5.74, 6) is 0.694. The van der Waals surface area contributed by atoms with Gasteiger partial charge in [0.15, 0.2) is 0 Å². The third kappa shape index (κ3) is 3.27. The van der Waals surface area contributed by atoms with Crippen LogP contribution in [0.15, 0.2) is 41.3 Å². The van der Waals surface area contributed by atoms with Crippen LogP contribution >= 0.6 is 0 Å². The fourth-order valence-corrected chi connectivity index (χ4v) is 6.11. The molecule has 1 amide bonds. The number of hydrogen-bond donors (Lipinski definition) is 2. The second-order valence-electron chi connectivity index (χ2n) is 9.96. The molecule has 0 saturated carbocycles. The van der Waals surface area contributed by atoms with Crippen LogP contribution in [0.1, 0.15) is 46.8 Å². The Morgan fingerprint density at radius 1 is 1.11 bits per heavy atom. The number of rotatable bonds is 2. The Morgan fingerprint density at radius 2 is 1.89 bits per heavy atom. The fourth-order valence-electron chi connectivity index (χ4n) is 6.11. The van der Waals surface area contributed by atoms with E-state index in [9.17, 15) is 9.59 Å². The maximum atomic E-state index is 13.4. The van der Waals surface area contributed by atoms with E-state index in [2.05, 4.69) is 39.2 Å². The predicted molar refractivity (Wildman–Crippen MR) is 133 cm³/mol. The molecule has 182 valence electrons. The van der Waals surface area contributed by atoms with E-state index in [0.717, 1.165) is 45.3 Å². The molecule has 4 N–H and O–H groups in total. The van der Waals surface area contributed by atoms with Crippen LogP contribution < -0.4 is 26.8 Å². The molecule has 6 rings (SSSR count). The van der Waals surface area contributed by atoms with Gasteiger partial charge >= 0.3 is 0 Å². The molecular weight excluding hydrogens is 444 g/mol. The number of fused-ring (bicyclic) bond motifs is 2. The summed E-state index contributed by atoms with van der Waals surface area (Å²) in [4.78, 5) is 35.0. The molecule has 1 aliphatic carbocycles. The van der Waals surface area contributed by atoms with Crippen LogP contribution in [0.25, 0.3) is 0 Å². The maximum absolute atomic E-state index is 13.4. The topological polar surface area (TPSA) is 128 Å². The molecule has 1 fully saturated rings. The lowest BCUT2D eigenvalue weighted by molar-refractivity contribution is 0.0980. The highest BCUT2D eigenvalue weighted by molar-refractivity contribution is 6.08. The number of hydrogen-bond acceptors (Lipinski definition) is 7. The molecule has 4 heterocycles. The average molecular weight is 475 g/mol. The van der Waals surface area contributed by atoms with Crippen LogP contribution in [0.2, 0.25) is 0 Å². The number of carbonyl (C=O) groups excluding carboxylic acids is 1. The molecule has 1 saturated heterocycles. The van der Waals surface area contributed by atoms with Crippen molar-refractivity contribution < 1.29 is 4.79 Å². The molecule has 0 bridgehead atoms. The van der Waals surface area contributed by atoms with Crippen molar-refractivity contribution in [3.8, 4) is 0 Å². The normalized spacial score (nSPS) is 20.7. The number of aryl methyl sites for hydroxylation is 1. The molecule has 1 aromatic carbocycles. The molecule has 3 aliphatic rings. The highest BCUT2D eigenvalue weighted by atomic mass is 16.2. The largest absolute Gasteiger partial charge is 0.383 e. The Hall–Kier alpha value is -3.66. The van der Waals surface area contributed by atoms with Gasteiger partial charge in [0.2, 0.25) is 5.95 Å². The molecular formula is C25H30N8O2. The number of amides is 1. The van der Waals surface area contributed by atoms with Crippen LogP contribution in [0.3, 0.4) is 0 Å². The van der Waals surface area contributed by atoms with E-state index in [1.165, 1.54) is 15.7 Å². The van der Waals surface area contributed by atoms with E-state index in [4.69, 9.17) is 11.5 Å². The third-order valence-corrected chi connectivity index (χ3v) is 8.11. The molecule has 3 aromatic rings. The zero-order valence-corrected chi connectivity index (χ0v) is 19.9. The van der Waals surface area contributed by atoms with E-state index < -0.39 is 11.5 Å². The standard InChI is InChI=1S/C25H30N8O2/c1-30-22(34)19(23(35)32-11-4-12-33-18(32)7-10-28-33)21(27)29-24(30)31-13-8-25(9-14-31)15-16-5-2-3-6-17(16)20(25)26/h2-3,5-7,10,20H,4,8-9,11-15,26-27H2,1H3. The summed E-state index contributed by atoms with van der Waals surface area (Å²) in [7, 11) is 1.66. The van der Waals surface area contributed by atoms with Crippen LogP contribution in [0.5, 0.6) is 0 Å². The number of carbonyl (C=O) groups is 1. The fraction of sp³-hybridized carbons (Fsp3) is 0.440. The predicted octanol–water partition coefficient (Wildman–Crippen LogP) is 1.45. The molecule has 1 atom stereocenters. The van der Waals surface area contributed by atoms with Crippen molar-refractivity contribution in [2.75, 3.05) is 35.2 Å². The Bertz CT molecular complexity index is 1370. The number of aromatic nitrogens is 4. The quantitative estimate of drug-likeness (QED) is 0.575. The number of nitrogens with zero attached hydrogens (tertiary/aromatic N) is 6. The summed E-state index contributed by atoms with van der Waals surface area (Å²) in [5.41, 5.74) is 15.1. The SMILES string of the molecule is Cn1c(N2CCC3(CC2)Cc2ccccc2C3N)nc(N)c(C(=O)N2CCCn3nccc32)c1=O. The van der Waals surface area contributed by atoms with Gasteiger partial charge in [-0.25, -0.2) is 4.68 Å². The minimum absolute atomic E-state index is 0.0145. The van der Waals surface area contributed by atoms with Gasteiger partial charge in [-0.15, -0.1) is 0 Å². The summed E-state index contributed by atoms with van der Waals surface area (Å²) in [5, 5.41) is 4.25. The van der Waals surface area contributed by atoms with Gasteiger partial charge in [-0.3, -0.25) is 19.1 Å². The van der Waals surface area contributed by atoms with Gasteiger partial charge in [0, 0.05) is 45.3 Å². The summed E-state index contributed by atoms with van der Waals surface area (Å²) in [6.45, 7) is 2.69. The van der Waals surface area contributed by atoms with Crippen molar-refractivity contribution in [1.82, 2.24) is 19.3 Å². The van der Waals surface area contributed by atoms with Crippen molar-refractivity contribution in [3.05, 3.63) is 63.6 Å². The van der Waals surface area contributed by atoms with Gasteiger partial charge in [0.25, 0.3) is 11.5 Å². The van der Waals surface area contributed by atoms with Gasteiger partial charge in [-0.05, 0) is 42.2 Å². The van der Waals surface area contributed by atoms with E-state index >= 15 is 0 Å². The lowest BCUT2D eigenvalue weighted by atomic mass is 9.73. The first-order chi connectivity index (χ1) is 16.9. The number of piperidine rings is 1. The first-order valence-corrected chi connectivity index (χ1v) is 12.2. The average Bonchev–Trinajstić information content (AvgIpc) is 3.45. The van der Waals surface area contributed by atoms with Crippen molar-refractivity contribution in [2.24, 2.45) is 18.2 Å². The van der Waals surface area contributed by atoms with Gasteiger partial charge in [-0.2, -0.15) is 10.1 Å². The molecule has 10 heteroatoms. The third-order valence-electron chi connectivity index (χ3n) is 8.11. The van der Waals surface area contributed by atoms with Crippen molar-refractivity contribution in [1.29, 1.82) is 0 Å². The monoisotopic (exact) mass is 474 g/mol. The molecule has 2 aromatic heterocycles. The Labute approximate surface area is 203 Å². The zero-order chi connectivity index (χ0) is 24.3. The Balaban J connectivity index is 1.25. The number of nitrogens with two attached hydrogens (primary N) is 2. The van der Waals surface area contributed by atoms with Crippen LogP contribution in [0, 0.1) is 5.41 Å². The van der Waals surface area contributed by atoms with E-state index in [-0.39, 0.29) is 22.8 Å². The van der Waals surface area contributed by atoms with Crippen molar-refractivity contribution in [3.63, 3.8) is 0 Å². The molecule has 35 heavy (non-hydrogen) atoms. The zero-order valence-electron chi connectivity index (χ0n) is 19.9. The lowest BCUT2D eigenvalue weighted by Gasteiger charge is -2.42. The van der Waals surface area contributed by atoms with E-state index in [1.807, 2.05) is 0 Å². The summed E-state index contributed by atoms with van der Waals surface area (Å²) in [6, 6.07) is 10.2. The first-order valence-electron chi connectivity index (χ1n) is 12.2. The first kappa shape index (κ1) is 21.8. The van der Waals surface area contributed by atoms with Crippen LogP contribution in [0.4, 0.5) is 17.6 Å². The van der Waals surface area contributed by atoms with Crippen LogP contribution in [-0.2, 0) is 20.0 Å². The molecule has 10 nitrogen and oxygen atoms in total. The van der Waals surface area contributed by atoms with E-state index in [1.54, 1.807) is 28.9 Å². The molecule has 1 unspecified atom stereocenters. The summed E-state index contributed by atoms with van der Waals surface area (Å²) in [6.07, 6.45) is 5.19. The summed E-state index contributed by atoms with van der Waals surface area (Å²) >= 11 is 0. The minimum Gasteiger partial charge on any atom is -0.383 e. The van der Waals surface area contributed by atoms with Crippen LogP contribution in [-0.4, -0.2) is 44.9 Å². The van der Waals surface area contributed by atoms with Gasteiger partial charge in [0.1, 0.15) is 17.2 Å². The van der Waals surface area contributed by atoms with Gasteiger partial charge < -0.3 is 16.4 Å². The summed E-state index contributed by atoms with van der Waals surface area (Å²) < 4.78 is 3.21. The molecule has 1 spiro atoms. The number of anilines is 3.